The number of nitrogens with zero attached hydrogens (tertiary/aromatic N) is 1. The maximum Gasteiger partial charge on any atom is 0.243 e. The number of thioether (sulfide) groups is 1. The lowest BCUT2D eigenvalue weighted by molar-refractivity contribution is -0.139. The van der Waals surface area contributed by atoms with Gasteiger partial charge in [-0.3, -0.25) is 9.59 Å². The topological polar surface area (TPSA) is 58.6 Å². The Hall–Kier alpha value is -3.25. The number of ether oxygens (including phenoxy) is 1. The van der Waals surface area contributed by atoms with E-state index in [0.29, 0.717) is 31.0 Å². The number of benzene rings is 3. The van der Waals surface area contributed by atoms with Crippen LogP contribution in [-0.4, -0.2) is 42.2 Å². The standard InChI is InChI=1S/C30H36N2O3S/c1-4-17-31-30(34)28(19-24-10-6-5-7-11-24)32(20-26-12-8-9-23(2)18-26)29(33)22-36-21-25-13-15-27(35-3)16-14-25/h5-16,18,28H,4,17,19-22H2,1-3H3,(H,31,34)/t28-/m0/s1. The summed E-state index contributed by atoms with van der Waals surface area (Å²) < 4.78 is 5.23. The first kappa shape index (κ1) is 27.3. The Morgan fingerprint density at radius 3 is 2.33 bits per heavy atom. The van der Waals surface area contributed by atoms with Gasteiger partial charge in [0.15, 0.2) is 0 Å². The van der Waals surface area contributed by atoms with Crippen molar-refractivity contribution in [3.8, 4) is 5.75 Å². The molecule has 6 heteroatoms. The highest BCUT2D eigenvalue weighted by Gasteiger charge is 2.30. The molecule has 0 saturated heterocycles. The monoisotopic (exact) mass is 504 g/mol. The largest absolute Gasteiger partial charge is 0.497 e. The molecular formula is C30H36N2O3S. The number of methoxy groups -OCH3 is 1. The van der Waals surface area contributed by atoms with E-state index in [9.17, 15) is 9.59 Å². The van der Waals surface area contributed by atoms with Crippen LogP contribution in [0.25, 0.3) is 0 Å². The number of hydrogen-bond donors (Lipinski definition) is 1. The molecule has 0 unspecified atom stereocenters. The zero-order chi connectivity index (χ0) is 25.8. The van der Waals surface area contributed by atoms with Gasteiger partial charge >= 0.3 is 0 Å². The molecule has 1 atom stereocenters. The molecule has 3 rings (SSSR count). The molecular weight excluding hydrogens is 468 g/mol. The van der Waals surface area contributed by atoms with Crippen molar-refractivity contribution in [2.75, 3.05) is 19.4 Å². The van der Waals surface area contributed by atoms with Gasteiger partial charge in [0.25, 0.3) is 0 Å². The molecule has 1 N–H and O–H groups in total. The average Bonchev–Trinajstić information content (AvgIpc) is 2.90. The second-order valence-corrected chi connectivity index (χ2v) is 9.83. The van der Waals surface area contributed by atoms with E-state index >= 15 is 0 Å². The van der Waals surface area contributed by atoms with E-state index in [2.05, 4.69) is 11.4 Å². The zero-order valence-electron chi connectivity index (χ0n) is 21.4. The third-order valence-electron chi connectivity index (χ3n) is 5.91. The first-order valence-corrected chi connectivity index (χ1v) is 13.5. The zero-order valence-corrected chi connectivity index (χ0v) is 22.2. The summed E-state index contributed by atoms with van der Waals surface area (Å²) in [5, 5.41) is 3.03. The van der Waals surface area contributed by atoms with Crippen molar-refractivity contribution in [3.63, 3.8) is 0 Å². The molecule has 3 aromatic rings. The molecule has 5 nitrogen and oxygen atoms in total. The summed E-state index contributed by atoms with van der Waals surface area (Å²) in [6, 6.07) is 25.3. The second kappa shape index (κ2) is 14.3. The summed E-state index contributed by atoms with van der Waals surface area (Å²) in [6.45, 7) is 5.04. The van der Waals surface area contributed by atoms with Crippen LogP contribution in [0.2, 0.25) is 0 Å². The van der Waals surface area contributed by atoms with Crippen molar-refractivity contribution in [3.05, 3.63) is 101 Å². The number of aryl methyl sites for hydroxylation is 1. The van der Waals surface area contributed by atoms with Crippen LogP contribution in [0.3, 0.4) is 0 Å². The van der Waals surface area contributed by atoms with E-state index in [1.807, 2.05) is 86.6 Å². The van der Waals surface area contributed by atoms with Gasteiger partial charge in [0.2, 0.25) is 11.8 Å². The molecule has 0 spiro atoms. The number of rotatable bonds is 13. The Kier molecular flexibility index (Phi) is 10.9. The van der Waals surface area contributed by atoms with Crippen LogP contribution in [0.4, 0.5) is 0 Å². The van der Waals surface area contributed by atoms with Gasteiger partial charge in [-0.2, -0.15) is 0 Å². The fraction of sp³-hybridized carbons (Fsp3) is 0.333. The lowest BCUT2D eigenvalue weighted by Gasteiger charge is -2.31. The van der Waals surface area contributed by atoms with Gasteiger partial charge in [-0.1, -0.05) is 79.2 Å². The predicted molar refractivity (Wildman–Crippen MR) is 148 cm³/mol. The lowest BCUT2D eigenvalue weighted by atomic mass is 10.0. The van der Waals surface area contributed by atoms with E-state index in [4.69, 9.17) is 4.74 Å². The molecule has 0 aliphatic rings. The van der Waals surface area contributed by atoms with E-state index in [1.165, 1.54) is 0 Å². The van der Waals surface area contributed by atoms with Gasteiger partial charge < -0.3 is 15.0 Å². The molecule has 0 radical (unpaired) electrons. The van der Waals surface area contributed by atoms with E-state index in [1.54, 1.807) is 23.8 Å². The Labute approximate surface area is 219 Å². The molecule has 3 aromatic carbocycles. The third-order valence-corrected chi connectivity index (χ3v) is 6.90. The van der Waals surface area contributed by atoms with Crippen molar-refractivity contribution in [1.29, 1.82) is 0 Å². The molecule has 190 valence electrons. The van der Waals surface area contributed by atoms with E-state index < -0.39 is 6.04 Å². The smallest absolute Gasteiger partial charge is 0.243 e. The third kappa shape index (κ3) is 8.45. The fourth-order valence-electron chi connectivity index (χ4n) is 3.99. The molecule has 0 aromatic heterocycles. The lowest BCUT2D eigenvalue weighted by Crippen LogP contribution is -2.51. The quantitative estimate of drug-likeness (QED) is 0.338. The number of carbonyl (C=O) groups is 2. The van der Waals surface area contributed by atoms with Crippen LogP contribution in [-0.2, 0) is 28.3 Å². The summed E-state index contributed by atoms with van der Waals surface area (Å²) in [6.07, 6.45) is 1.31. The Morgan fingerprint density at radius 2 is 1.67 bits per heavy atom. The molecule has 36 heavy (non-hydrogen) atoms. The minimum absolute atomic E-state index is 0.0393. The normalized spacial score (nSPS) is 11.5. The number of hydrogen-bond acceptors (Lipinski definition) is 4. The molecule has 0 fully saturated rings. The van der Waals surface area contributed by atoms with Gasteiger partial charge in [0.05, 0.1) is 12.9 Å². The SMILES string of the molecule is CCCNC(=O)[C@H](Cc1ccccc1)N(Cc1cccc(C)c1)C(=O)CSCc1ccc(OC)cc1. The maximum absolute atomic E-state index is 13.6. The summed E-state index contributed by atoms with van der Waals surface area (Å²) in [4.78, 5) is 28.7. The molecule has 0 aliphatic heterocycles. The minimum Gasteiger partial charge on any atom is -0.497 e. The highest BCUT2D eigenvalue weighted by atomic mass is 32.2. The maximum atomic E-state index is 13.6. The number of amides is 2. The average molecular weight is 505 g/mol. The van der Waals surface area contributed by atoms with Crippen molar-refractivity contribution in [2.24, 2.45) is 0 Å². The van der Waals surface area contributed by atoms with Crippen molar-refractivity contribution < 1.29 is 14.3 Å². The minimum atomic E-state index is -0.589. The van der Waals surface area contributed by atoms with Crippen molar-refractivity contribution >= 4 is 23.6 Å². The summed E-state index contributed by atoms with van der Waals surface area (Å²) in [5.74, 6) is 1.67. The van der Waals surface area contributed by atoms with Gasteiger partial charge in [-0.25, -0.2) is 0 Å². The molecule has 0 aliphatic carbocycles. The Morgan fingerprint density at radius 1 is 0.944 bits per heavy atom. The number of carbonyl (C=O) groups excluding carboxylic acids is 2. The highest BCUT2D eigenvalue weighted by molar-refractivity contribution is 7.99. The number of nitrogens with one attached hydrogen (secondary N) is 1. The predicted octanol–water partition coefficient (Wildman–Crippen LogP) is 5.40. The highest BCUT2D eigenvalue weighted by Crippen LogP contribution is 2.20. The first-order chi connectivity index (χ1) is 17.5. The van der Waals surface area contributed by atoms with Gasteiger partial charge in [0, 0.05) is 25.3 Å². The van der Waals surface area contributed by atoms with Crippen LogP contribution >= 0.6 is 11.8 Å². The summed E-state index contributed by atoms with van der Waals surface area (Å²) in [5.41, 5.74) is 4.30. The van der Waals surface area contributed by atoms with Crippen LogP contribution in [0, 0.1) is 6.92 Å². The molecule has 0 saturated carbocycles. The first-order valence-electron chi connectivity index (χ1n) is 12.4. The van der Waals surface area contributed by atoms with Gasteiger partial charge in [-0.15, -0.1) is 11.8 Å². The molecule has 0 heterocycles. The van der Waals surface area contributed by atoms with E-state index in [-0.39, 0.29) is 11.8 Å². The van der Waals surface area contributed by atoms with Gasteiger partial charge in [0.1, 0.15) is 11.8 Å². The Bertz CT molecular complexity index is 1100. The fourth-order valence-corrected chi connectivity index (χ4v) is 4.86. The summed E-state index contributed by atoms with van der Waals surface area (Å²) in [7, 11) is 1.65. The van der Waals surface area contributed by atoms with Crippen LogP contribution in [0.1, 0.15) is 35.6 Å². The second-order valence-electron chi connectivity index (χ2n) is 8.85. The van der Waals surface area contributed by atoms with Crippen molar-refractivity contribution in [2.45, 2.75) is 45.0 Å². The van der Waals surface area contributed by atoms with E-state index in [0.717, 1.165) is 34.4 Å². The van der Waals surface area contributed by atoms with Crippen LogP contribution in [0.15, 0.2) is 78.9 Å². The Balaban J connectivity index is 1.81. The summed E-state index contributed by atoms with van der Waals surface area (Å²) >= 11 is 1.56. The molecule has 0 bridgehead atoms. The van der Waals surface area contributed by atoms with Crippen LogP contribution < -0.4 is 10.1 Å². The molecule has 2 amide bonds. The van der Waals surface area contributed by atoms with Gasteiger partial charge in [-0.05, 0) is 42.2 Å². The van der Waals surface area contributed by atoms with Crippen molar-refractivity contribution in [1.82, 2.24) is 10.2 Å². The van der Waals surface area contributed by atoms with Crippen LogP contribution in [0.5, 0.6) is 5.75 Å².